The molecule has 5 aliphatic heterocycles. The molecule has 0 radical (unpaired) electrons. The van der Waals surface area contributed by atoms with Crippen molar-refractivity contribution in [3.05, 3.63) is 101 Å². The van der Waals surface area contributed by atoms with Crippen LogP contribution in [0.2, 0.25) is 0 Å². The maximum Gasteiger partial charge on any atom is 0.262 e. The fourth-order valence-corrected chi connectivity index (χ4v) is 6.81. The van der Waals surface area contributed by atoms with E-state index in [9.17, 15) is 19.2 Å². The molecule has 3 aromatic rings. The Bertz CT molecular complexity index is 1490. The number of carbonyl (C=O) groups excluding carboxylic acids is 4. The molecular formula is C31H27FN4O4. The van der Waals surface area contributed by atoms with Crippen LogP contribution in [0.4, 0.5) is 10.1 Å². The number of imide groups is 2. The molecular weight excluding hydrogens is 511 g/mol. The molecule has 3 aromatic carbocycles. The molecule has 4 fully saturated rings. The van der Waals surface area contributed by atoms with Gasteiger partial charge in [0.2, 0.25) is 11.8 Å². The van der Waals surface area contributed by atoms with Crippen molar-refractivity contribution in [2.45, 2.75) is 43.4 Å². The first-order chi connectivity index (χ1) is 19.4. The molecule has 5 aliphatic rings. The number of halogens is 1. The second kappa shape index (κ2) is 9.38. The van der Waals surface area contributed by atoms with Crippen LogP contribution in [-0.4, -0.2) is 64.6 Å². The Morgan fingerprint density at radius 3 is 1.95 bits per heavy atom. The van der Waals surface area contributed by atoms with Gasteiger partial charge in [0.25, 0.3) is 11.8 Å². The van der Waals surface area contributed by atoms with Gasteiger partial charge in [0.05, 0.1) is 22.9 Å². The third-order valence-corrected chi connectivity index (χ3v) is 8.60. The van der Waals surface area contributed by atoms with Gasteiger partial charge in [-0.05, 0) is 36.1 Å². The van der Waals surface area contributed by atoms with Crippen LogP contribution in [0.15, 0.2) is 72.8 Å². The lowest BCUT2D eigenvalue weighted by atomic mass is 9.83. The molecule has 4 saturated heterocycles. The average Bonchev–Trinajstić information content (AvgIpc) is 3.19. The largest absolute Gasteiger partial charge is 0.360 e. The normalized spacial score (nSPS) is 24.3. The van der Waals surface area contributed by atoms with Gasteiger partial charge in [-0.15, -0.1) is 0 Å². The first kappa shape index (κ1) is 24.7. The molecule has 1 N–H and O–H groups in total. The van der Waals surface area contributed by atoms with E-state index < -0.39 is 35.5 Å². The lowest BCUT2D eigenvalue weighted by Gasteiger charge is -2.59. The van der Waals surface area contributed by atoms with Crippen LogP contribution in [0.3, 0.4) is 0 Å². The molecule has 4 amide bonds. The van der Waals surface area contributed by atoms with Gasteiger partial charge in [0.15, 0.2) is 0 Å². The predicted octanol–water partition coefficient (Wildman–Crippen LogP) is 3.28. The summed E-state index contributed by atoms with van der Waals surface area (Å²) in [7, 11) is 0. The molecule has 8 nitrogen and oxygen atoms in total. The number of amides is 4. The molecule has 0 spiro atoms. The van der Waals surface area contributed by atoms with Crippen LogP contribution >= 0.6 is 0 Å². The molecule has 0 aromatic heterocycles. The van der Waals surface area contributed by atoms with E-state index in [1.807, 2.05) is 41.3 Å². The third-order valence-electron chi connectivity index (χ3n) is 8.60. The zero-order chi connectivity index (χ0) is 27.5. The van der Waals surface area contributed by atoms with Crippen molar-refractivity contribution in [1.29, 1.82) is 0 Å². The summed E-state index contributed by atoms with van der Waals surface area (Å²) in [6.45, 7) is 1.44. The zero-order valence-electron chi connectivity index (χ0n) is 21.6. The van der Waals surface area contributed by atoms with Crippen molar-refractivity contribution in [3.63, 3.8) is 0 Å². The Morgan fingerprint density at radius 2 is 1.38 bits per heavy atom. The highest BCUT2D eigenvalue weighted by Crippen LogP contribution is 2.43. The molecule has 5 heterocycles. The van der Waals surface area contributed by atoms with Crippen molar-refractivity contribution >= 4 is 29.3 Å². The number of nitrogens with zero attached hydrogens (tertiary/aromatic N) is 3. The van der Waals surface area contributed by atoms with E-state index in [0.29, 0.717) is 5.69 Å². The number of nitrogens with one attached hydrogen (secondary N) is 1. The van der Waals surface area contributed by atoms with E-state index in [0.717, 1.165) is 30.5 Å². The van der Waals surface area contributed by atoms with Crippen molar-refractivity contribution in [1.82, 2.24) is 15.1 Å². The number of benzene rings is 3. The molecule has 0 saturated carbocycles. The Morgan fingerprint density at radius 1 is 0.800 bits per heavy atom. The van der Waals surface area contributed by atoms with E-state index in [4.69, 9.17) is 0 Å². The van der Waals surface area contributed by atoms with Crippen molar-refractivity contribution in [2.24, 2.45) is 0 Å². The van der Waals surface area contributed by atoms with Gasteiger partial charge in [-0.2, -0.15) is 0 Å². The van der Waals surface area contributed by atoms with Crippen LogP contribution < -0.4 is 10.2 Å². The summed E-state index contributed by atoms with van der Waals surface area (Å²) in [5.41, 5.74) is 2.75. The van der Waals surface area contributed by atoms with Gasteiger partial charge in [0, 0.05) is 31.6 Å². The number of hydrogen-bond donors (Lipinski definition) is 1. The first-order valence-corrected chi connectivity index (χ1v) is 13.6. The van der Waals surface area contributed by atoms with E-state index in [1.165, 1.54) is 17.2 Å². The number of carbonyl (C=O) groups is 4. The highest BCUT2D eigenvalue weighted by molar-refractivity contribution is 6.23. The minimum Gasteiger partial charge on any atom is -0.360 e. The molecule has 8 rings (SSSR count). The summed E-state index contributed by atoms with van der Waals surface area (Å²) < 4.78 is 15.5. The van der Waals surface area contributed by atoms with E-state index >= 15 is 4.39 Å². The molecule has 202 valence electrons. The fourth-order valence-electron chi connectivity index (χ4n) is 6.81. The lowest BCUT2D eigenvalue weighted by molar-refractivity contribution is -0.136. The SMILES string of the molecule is O=C1CCC(N2C(=O)c3cc(F)c(N4C5CC4CN(C(c4ccccc4)c4ccccc4)C5)cc3C2=O)C(=O)N1. The Labute approximate surface area is 230 Å². The summed E-state index contributed by atoms with van der Waals surface area (Å²) in [4.78, 5) is 55.7. The minimum absolute atomic E-state index is 0.0318. The Kier molecular flexibility index (Phi) is 5.78. The Balaban J connectivity index is 1.15. The van der Waals surface area contributed by atoms with Crippen LogP contribution in [0.5, 0.6) is 0 Å². The van der Waals surface area contributed by atoms with Gasteiger partial charge in [-0.3, -0.25) is 34.3 Å². The maximum atomic E-state index is 15.5. The molecule has 0 aliphatic carbocycles. The topological polar surface area (TPSA) is 90.0 Å². The molecule has 9 heteroatoms. The fraction of sp³-hybridized carbons (Fsp3) is 0.290. The molecule has 3 atom stereocenters. The monoisotopic (exact) mass is 538 g/mol. The van der Waals surface area contributed by atoms with Gasteiger partial charge < -0.3 is 4.90 Å². The summed E-state index contributed by atoms with van der Waals surface area (Å²) in [5, 5.41) is 2.19. The number of anilines is 1. The minimum atomic E-state index is -1.08. The van der Waals surface area contributed by atoms with Crippen molar-refractivity contribution in [3.8, 4) is 0 Å². The average molecular weight is 539 g/mol. The molecule has 40 heavy (non-hydrogen) atoms. The standard InChI is InChI=1S/C31H27FN4O4/c32-24-14-22-23(31(40)36(30(22)39)25-11-12-27(37)33-29(25)38)15-26(24)35-20-13-21(35)17-34(16-20)28(18-7-3-1-4-8-18)19-9-5-2-6-10-19/h1-10,14-15,20-21,25,28H,11-13,16-17H2,(H,33,37,38). The predicted molar refractivity (Wildman–Crippen MR) is 144 cm³/mol. The van der Waals surface area contributed by atoms with E-state index in [1.54, 1.807) is 0 Å². The first-order valence-electron chi connectivity index (χ1n) is 13.6. The number of hydrogen-bond acceptors (Lipinski definition) is 6. The van der Waals surface area contributed by atoms with E-state index in [2.05, 4.69) is 34.5 Å². The summed E-state index contributed by atoms with van der Waals surface area (Å²) >= 11 is 0. The van der Waals surface area contributed by atoms with Gasteiger partial charge in [-0.25, -0.2) is 4.39 Å². The third kappa shape index (κ3) is 3.83. The van der Waals surface area contributed by atoms with Gasteiger partial charge in [-0.1, -0.05) is 60.7 Å². The number of piperazine rings is 1. The number of rotatable bonds is 5. The highest BCUT2D eigenvalue weighted by Gasteiger charge is 2.49. The number of piperidine rings is 2. The van der Waals surface area contributed by atoms with Crippen LogP contribution in [0, 0.1) is 5.82 Å². The zero-order valence-corrected chi connectivity index (χ0v) is 21.6. The summed E-state index contributed by atoms with van der Waals surface area (Å²) in [6.07, 6.45) is 1.00. The smallest absolute Gasteiger partial charge is 0.262 e. The summed E-state index contributed by atoms with van der Waals surface area (Å²) in [5.74, 6) is -3.02. The van der Waals surface area contributed by atoms with Gasteiger partial charge in [0.1, 0.15) is 11.9 Å². The van der Waals surface area contributed by atoms with Crippen LogP contribution in [0.1, 0.15) is 57.1 Å². The van der Waals surface area contributed by atoms with Gasteiger partial charge >= 0.3 is 0 Å². The summed E-state index contributed by atoms with van der Waals surface area (Å²) in [6, 6.07) is 22.4. The van der Waals surface area contributed by atoms with Crippen LogP contribution in [-0.2, 0) is 9.59 Å². The quantitative estimate of drug-likeness (QED) is 0.502. The number of fused-ring (bicyclic) bond motifs is 3. The molecule has 3 unspecified atom stereocenters. The molecule has 2 bridgehead atoms. The van der Waals surface area contributed by atoms with E-state index in [-0.39, 0.29) is 42.1 Å². The second-order valence-electron chi connectivity index (χ2n) is 10.9. The Hall–Kier alpha value is -4.37. The second-order valence-corrected chi connectivity index (χ2v) is 10.9. The van der Waals surface area contributed by atoms with Crippen molar-refractivity contribution in [2.75, 3.05) is 18.0 Å². The maximum absolute atomic E-state index is 15.5. The van der Waals surface area contributed by atoms with Crippen molar-refractivity contribution < 1.29 is 23.6 Å². The highest BCUT2D eigenvalue weighted by atomic mass is 19.1. The van der Waals surface area contributed by atoms with Crippen LogP contribution in [0.25, 0.3) is 0 Å². The lowest BCUT2D eigenvalue weighted by Crippen LogP contribution is -2.69.